The smallest absolute Gasteiger partial charge is 0.312 e. The first-order chi connectivity index (χ1) is 11.2. The quantitative estimate of drug-likeness (QED) is 0.659. The van der Waals surface area contributed by atoms with Crippen LogP contribution in [0.25, 0.3) is 0 Å². The van der Waals surface area contributed by atoms with E-state index in [0.717, 1.165) is 19.3 Å². The molecule has 7 nitrogen and oxygen atoms in total. The Labute approximate surface area is 144 Å². The van der Waals surface area contributed by atoms with Gasteiger partial charge in [0.2, 0.25) is 0 Å². The third kappa shape index (κ3) is 4.69. The van der Waals surface area contributed by atoms with E-state index in [2.05, 4.69) is 0 Å². The van der Waals surface area contributed by atoms with Crippen molar-refractivity contribution in [3.8, 4) is 0 Å². The summed E-state index contributed by atoms with van der Waals surface area (Å²) in [6, 6.07) is -0.315. The first-order valence-electron chi connectivity index (χ1n) is 8.68. The molecule has 2 saturated heterocycles. The van der Waals surface area contributed by atoms with Crippen molar-refractivity contribution >= 4 is 21.7 Å². The van der Waals surface area contributed by atoms with Crippen LogP contribution >= 0.6 is 0 Å². The number of hydrogen-bond donors (Lipinski definition) is 0. The number of likely N-dealkylation sites (tertiary alicyclic amines) is 1. The molecular formula is C16H29N3O4S. The average Bonchev–Trinajstić information content (AvgIpc) is 2.86. The molecule has 2 fully saturated rings. The second-order valence-corrected chi connectivity index (χ2v) is 9.43. The maximum absolute atomic E-state index is 12.8. The van der Waals surface area contributed by atoms with Crippen LogP contribution in [0.4, 0.5) is 0 Å². The zero-order valence-electron chi connectivity index (χ0n) is 14.9. The van der Waals surface area contributed by atoms with Crippen molar-refractivity contribution in [1.29, 1.82) is 0 Å². The van der Waals surface area contributed by atoms with Crippen molar-refractivity contribution in [2.75, 3.05) is 45.2 Å². The molecule has 0 bridgehead atoms. The normalized spacial score (nSPS) is 26.6. The number of amides is 2. The summed E-state index contributed by atoms with van der Waals surface area (Å²) < 4.78 is 23.6. The van der Waals surface area contributed by atoms with E-state index in [9.17, 15) is 18.0 Å². The highest BCUT2D eigenvalue weighted by Crippen LogP contribution is 2.21. The molecule has 8 heteroatoms. The summed E-state index contributed by atoms with van der Waals surface area (Å²) in [6.07, 6.45) is 3.32. The molecule has 0 radical (unpaired) electrons. The fourth-order valence-corrected chi connectivity index (χ4v) is 5.16. The van der Waals surface area contributed by atoms with E-state index >= 15 is 0 Å². The van der Waals surface area contributed by atoms with Crippen LogP contribution in [0, 0.1) is 0 Å². The van der Waals surface area contributed by atoms with E-state index in [0.29, 0.717) is 26.1 Å². The monoisotopic (exact) mass is 359 g/mol. The minimum Gasteiger partial charge on any atom is -0.332 e. The van der Waals surface area contributed by atoms with Crippen molar-refractivity contribution in [1.82, 2.24) is 14.7 Å². The van der Waals surface area contributed by atoms with Crippen molar-refractivity contribution in [3.63, 3.8) is 0 Å². The van der Waals surface area contributed by atoms with E-state index in [1.54, 1.807) is 4.90 Å². The summed E-state index contributed by atoms with van der Waals surface area (Å²) >= 11 is 0. The number of piperidine rings is 1. The first kappa shape index (κ1) is 19.2. The van der Waals surface area contributed by atoms with Crippen LogP contribution in [-0.2, 0) is 19.4 Å². The molecule has 0 aliphatic carbocycles. The fourth-order valence-electron chi connectivity index (χ4n) is 3.42. The second-order valence-electron chi connectivity index (χ2n) is 7.20. The highest BCUT2D eigenvalue weighted by atomic mass is 32.2. The maximum atomic E-state index is 12.8. The van der Waals surface area contributed by atoms with Gasteiger partial charge in [-0.25, -0.2) is 8.42 Å². The van der Waals surface area contributed by atoms with Gasteiger partial charge in [-0.1, -0.05) is 0 Å². The lowest BCUT2D eigenvalue weighted by molar-refractivity contribution is -0.155. The second kappa shape index (κ2) is 7.82. The van der Waals surface area contributed by atoms with Gasteiger partial charge in [-0.3, -0.25) is 9.59 Å². The average molecular weight is 359 g/mol. The van der Waals surface area contributed by atoms with Crippen molar-refractivity contribution < 1.29 is 18.0 Å². The van der Waals surface area contributed by atoms with Gasteiger partial charge in [0, 0.05) is 31.7 Å². The van der Waals surface area contributed by atoms with Gasteiger partial charge in [0.15, 0.2) is 9.84 Å². The number of sulfone groups is 1. The number of nitrogens with zero attached hydrogens (tertiary/aromatic N) is 3. The van der Waals surface area contributed by atoms with E-state index in [-0.39, 0.29) is 23.6 Å². The Hall–Kier alpha value is -1.15. The van der Waals surface area contributed by atoms with Gasteiger partial charge in [0.05, 0.1) is 11.5 Å². The molecule has 2 unspecified atom stereocenters. The van der Waals surface area contributed by atoms with Crippen molar-refractivity contribution in [3.05, 3.63) is 0 Å². The third-order valence-electron chi connectivity index (χ3n) is 4.94. The molecule has 2 atom stereocenters. The van der Waals surface area contributed by atoms with Crippen LogP contribution in [0.1, 0.15) is 32.6 Å². The molecule has 2 rings (SSSR count). The van der Waals surface area contributed by atoms with Crippen LogP contribution in [0.5, 0.6) is 0 Å². The summed E-state index contributed by atoms with van der Waals surface area (Å²) in [6.45, 7) is 3.55. The molecule has 0 spiro atoms. The van der Waals surface area contributed by atoms with Crippen LogP contribution in [0.15, 0.2) is 0 Å². The van der Waals surface area contributed by atoms with Crippen molar-refractivity contribution in [2.24, 2.45) is 0 Å². The molecule has 0 N–H and O–H groups in total. The van der Waals surface area contributed by atoms with E-state index < -0.39 is 21.7 Å². The van der Waals surface area contributed by atoms with Gasteiger partial charge < -0.3 is 14.7 Å². The lowest BCUT2D eigenvalue weighted by Gasteiger charge is -2.36. The Kier molecular flexibility index (Phi) is 6.25. The molecule has 2 heterocycles. The molecule has 138 valence electrons. The molecule has 0 aromatic rings. The molecule has 0 aromatic carbocycles. The third-order valence-corrected chi connectivity index (χ3v) is 6.70. The molecular weight excluding hydrogens is 330 g/mol. The van der Waals surface area contributed by atoms with Gasteiger partial charge in [0.25, 0.3) is 0 Å². The number of carbonyl (C=O) groups is 2. The summed E-state index contributed by atoms with van der Waals surface area (Å²) in [5, 5.41) is 0. The number of hydrogen-bond acceptors (Lipinski definition) is 5. The number of likely N-dealkylation sites (N-methyl/N-ethyl adjacent to an activating group) is 1. The Balaban J connectivity index is 2.12. The molecule has 2 aliphatic rings. The lowest BCUT2D eigenvalue weighted by atomic mass is 10.0. The standard InChI is InChI=1S/C16H29N3O4S/c1-13-6-4-5-8-18(13)15(20)16(21)19(10-9-17(2)3)14-7-11-24(22,23)12-14/h13-14H,4-12H2,1-3H3. The summed E-state index contributed by atoms with van der Waals surface area (Å²) in [7, 11) is 0.677. The highest BCUT2D eigenvalue weighted by Gasteiger charge is 2.39. The Morgan fingerprint density at radius 3 is 2.38 bits per heavy atom. The summed E-state index contributed by atoms with van der Waals surface area (Å²) in [5.41, 5.74) is 0. The maximum Gasteiger partial charge on any atom is 0.312 e. The predicted molar refractivity (Wildman–Crippen MR) is 92.4 cm³/mol. The minimum atomic E-state index is -3.11. The van der Waals surface area contributed by atoms with E-state index in [4.69, 9.17) is 0 Å². The zero-order valence-corrected chi connectivity index (χ0v) is 15.7. The first-order valence-corrected chi connectivity index (χ1v) is 10.5. The molecule has 24 heavy (non-hydrogen) atoms. The Bertz CT molecular complexity index is 576. The Morgan fingerprint density at radius 2 is 1.83 bits per heavy atom. The summed E-state index contributed by atoms with van der Waals surface area (Å²) in [4.78, 5) is 30.6. The molecule has 0 saturated carbocycles. The van der Waals surface area contributed by atoms with E-state index in [1.807, 2.05) is 25.9 Å². The SMILES string of the molecule is CC1CCCCN1C(=O)C(=O)N(CCN(C)C)C1CCS(=O)(=O)C1. The van der Waals surface area contributed by atoms with Crippen molar-refractivity contribution in [2.45, 2.75) is 44.7 Å². The minimum absolute atomic E-state index is 0.0327. The van der Waals surface area contributed by atoms with Gasteiger partial charge in [-0.2, -0.15) is 0 Å². The molecule has 2 amide bonds. The summed E-state index contributed by atoms with van der Waals surface area (Å²) in [5.74, 6) is -0.967. The fraction of sp³-hybridized carbons (Fsp3) is 0.875. The highest BCUT2D eigenvalue weighted by molar-refractivity contribution is 7.91. The molecule has 0 aromatic heterocycles. The van der Waals surface area contributed by atoms with Gasteiger partial charge in [-0.05, 0) is 46.7 Å². The van der Waals surface area contributed by atoms with Gasteiger partial charge in [0.1, 0.15) is 0 Å². The zero-order chi connectivity index (χ0) is 17.9. The van der Waals surface area contributed by atoms with Crippen LogP contribution in [0.3, 0.4) is 0 Å². The van der Waals surface area contributed by atoms with Gasteiger partial charge in [-0.15, -0.1) is 0 Å². The lowest BCUT2D eigenvalue weighted by Crippen LogP contribution is -2.54. The number of carbonyl (C=O) groups excluding carboxylic acids is 2. The van der Waals surface area contributed by atoms with Crippen LogP contribution in [0.2, 0.25) is 0 Å². The van der Waals surface area contributed by atoms with Gasteiger partial charge >= 0.3 is 11.8 Å². The van der Waals surface area contributed by atoms with Crippen LogP contribution < -0.4 is 0 Å². The predicted octanol–water partition coefficient (Wildman–Crippen LogP) is -0.0353. The number of rotatable bonds is 4. The van der Waals surface area contributed by atoms with E-state index in [1.165, 1.54) is 4.90 Å². The Morgan fingerprint density at radius 1 is 1.12 bits per heavy atom. The van der Waals surface area contributed by atoms with Crippen LogP contribution in [-0.4, -0.2) is 92.3 Å². The largest absolute Gasteiger partial charge is 0.332 e. The molecule has 2 aliphatic heterocycles. The topological polar surface area (TPSA) is 78.0 Å².